The lowest BCUT2D eigenvalue weighted by Crippen LogP contribution is -2.34. The Hall–Kier alpha value is -1.30. The lowest BCUT2D eigenvalue weighted by molar-refractivity contribution is -0.162. The summed E-state index contributed by atoms with van der Waals surface area (Å²) < 4.78 is 17.9. The molecular weight excluding hydrogens is 372 g/mol. The number of carbonyl (C=O) groups is 1. The summed E-state index contributed by atoms with van der Waals surface area (Å²) in [7, 11) is 0. The predicted molar refractivity (Wildman–Crippen MR) is 112 cm³/mol. The van der Waals surface area contributed by atoms with Gasteiger partial charge in [-0.25, -0.2) is 0 Å². The minimum absolute atomic E-state index is 0.158. The van der Waals surface area contributed by atoms with E-state index in [4.69, 9.17) is 14.2 Å². The second-order valence-corrected chi connectivity index (χ2v) is 9.25. The highest BCUT2D eigenvalue weighted by Gasteiger charge is 2.49. The van der Waals surface area contributed by atoms with Gasteiger partial charge in [0.25, 0.3) is 0 Å². The Morgan fingerprint density at radius 3 is 2.68 bits per heavy atom. The Morgan fingerprint density at radius 1 is 1.14 bits per heavy atom. The summed E-state index contributed by atoms with van der Waals surface area (Å²) in [5.41, 5.74) is 0. The largest absolute Gasteiger partial charge is 0.459 e. The van der Waals surface area contributed by atoms with E-state index in [-0.39, 0.29) is 29.5 Å². The molecule has 4 nitrogen and oxygen atoms in total. The van der Waals surface area contributed by atoms with Gasteiger partial charge in [-0.1, -0.05) is 56.5 Å². The number of esters is 1. The van der Waals surface area contributed by atoms with Crippen LogP contribution in [-0.2, 0) is 19.0 Å². The molecule has 2 fully saturated rings. The van der Waals surface area contributed by atoms with Crippen LogP contribution in [0.1, 0.15) is 59.3 Å². The highest BCUT2D eigenvalue weighted by atomic mass is 32.2. The van der Waals surface area contributed by atoms with Gasteiger partial charge in [0.05, 0.1) is 0 Å². The van der Waals surface area contributed by atoms with Crippen LogP contribution in [-0.4, -0.2) is 35.3 Å². The minimum atomic E-state index is -0.668. The zero-order valence-electron chi connectivity index (χ0n) is 17.1. The molecule has 2 heterocycles. The van der Waals surface area contributed by atoms with Crippen molar-refractivity contribution in [3.8, 4) is 0 Å². The number of allylic oxidation sites excluding steroid dienone is 1. The third-order valence-corrected chi connectivity index (χ3v) is 6.29. The monoisotopic (exact) mass is 404 g/mol. The second-order valence-electron chi connectivity index (χ2n) is 7.97. The molecular formula is C23H32O4S. The molecule has 5 heteroatoms. The fourth-order valence-electron chi connectivity index (χ4n) is 3.71. The first kappa shape index (κ1) is 21.4. The molecule has 28 heavy (non-hydrogen) atoms. The van der Waals surface area contributed by atoms with Gasteiger partial charge >= 0.3 is 5.97 Å². The highest BCUT2D eigenvalue weighted by Crippen LogP contribution is 2.39. The molecule has 0 bridgehead atoms. The van der Waals surface area contributed by atoms with Crippen LogP contribution >= 0.6 is 11.8 Å². The Morgan fingerprint density at radius 2 is 1.93 bits per heavy atom. The van der Waals surface area contributed by atoms with Crippen molar-refractivity contribution in [1.29, 1.82) is 0 Å². The van der Waals surface area contributed by atoms with Gasteiger partial charge in [-0.05, 0) is 38.8 Å². The Bertz CT molecular complexity index is 658. The van der Waals surface area contributed by atoms with Crippen LogP contribution in [0.25, 0.3) is 0 Å². The lowest BCUT2D eigenvalue weighted by atomic mass is 10.0. The van der Waals surface area contributed by atoms with E-state index >= 15 is 0 Å². The summed E-state index contributed by atoms with van der Waals surface area (Å²) in [6.07, 6.45) is 10.2. The van der Waals surface area contributed by atoms with E-state index in [1.807, 2.05) is 44.2 Å². The molecule has 154 valence electrons. The molecule has 0 aliphatic carbocycles. The van der Waals surface area contributed by atoms with Crippen molar-refractivity contribution < 1.29 is 19.0 Å². The standard InChI is InChI=1S/C23H32O4S/c1-4-5-6-7-8-12-15-18-21(27-23(2,3)26-18)19-16-20(22(24)25-19)28-17-13-10-9-11-14-17/h9-15,18-21H,4-8,16H2,1-3H3/b15-12+/t18?,19-,20?,21?/m1/s1. The average Bonchev–Trinajstić information content (AvgIpc) is 3.18. The van der Waals surface area contributed by atoms with Gasteiger partial charge in [0.15, 0.2) is 5.79 Å². The first-order valence-electron chi connectivity index (χ1n) is 10.4. The SMILES string of the molecule is CCCCCC/C=C/C1OC(C)(C)OC1[C@H]1CC(Sc2ccccc2)C(=O)O1. The molecule has 2 aliphatic heterocycles. The van der Waals surface area contributed by atoms with Gasteiger partial charge in [0, 0.05) is 11.3 Å². The van der Waals surface area contributed by atoms with Crippen molar-refractivity contribution in [2.75, 3.05) is 0 Å². The number of rotatable bonds is 9. The molecule has 3 unspecified atom stereocenters. The molecule has 0 aromatic heterocycles. The van der Waals surface area contributed by atoms with Crippen molar-refractivity contribution in [1.82, 2.24) is 0 Å². The first-order chi connectivity index (χ1) is 13.5. The van der Waals surface area contributed by atoms with Crippen LogP contribution in [0.5, 0.6) is 0 Å². The Kier molecular flexibility index (Phi) is 7.61. The van der Waals surface area contributed by atoms with Gasteiger partial charge in [0.2, 0.25) is 0 Å². The fourth-order valence-corrected chi connectivity index (χ4v) is 4.79. The number of hydrogen-bond donors (Lipinski definition) is 0. The smallest absolute Gasteiger partial charge is 0.319 e. The van der Waals surface area contributed by atoms with E-state index in [9.17, 15) is 4.79 Å². The molecule has 0 N–H and O–H groups in total. The third kappa shape index (κ3) is 5.85. The maximum atomic E-state index is 12.4. The van der Waals surface area contributed by atoms with E-state index in [1.54, 1.807) is 11.8 Å². The second kappa shape index (κ2) is 9.95. The summed E-state index contributed by atoms with van der Waals surface area (Å²) in [5, 5.41) is -0.196. The van der Waals surface area contributed by atoms with Gasteiger partial charge in [-0.2, -0.15) is 0 Å². The number of ether oxygens (including phenoxy) is 3. The summed E-state index contributed by atoms with van der Waals surface area (Å²) in [6, 6.07) is 9.99. The number of thioether (sulfide) groups is 1. The van der Waals surface area contributed by atoms with Gasteiger partial charge in [-0.3, -0.25) is 4.79 Å². The number of cyclic esters (lactones) is 1. The molecule has 2 aliphatic rings. The van der Waals surface area contributed by atoms with Crippen molar-refractivity contribution in [3.05, 3.63) is 42.5 Å². The minimum Gasteiger partial charge on any atom is -0.459 e. The van der Waals surface area contributed by atoms with Crippen LogP contribution in [0.4, 0.5) is 0 Å². The summed E-state index contributed by atoms with van der Waals surface area (Å²) in [4.78, 5) is 13.5. The van der Waals surface area contributed by atoms with E-state index < -0.39 is 5.79 Å². The molecule has 0 spiro atoms. The molecule has 1 aromatic carbocycles. The van der Waals surface area contributed by atoms with Crippen molar-refractivity contribution in [3.63, 3.8) is 0 Å². The maximum absolute atomic E-state index is 12.4. The highest BCUT2D eigenvalue weighted by molar-refractivity contribution is 8.00. The maximum Gasteiger partial charge on any atom is 0.319 e. The van der Waals surface area contributed by atoms with E-state index in [0.717, 1.165) is 11.3 Å². The van der Waals surface area contributed by atoms with Crippen molar-refractivity contribution in [2.24, 2.45) is 0 Å². The van der Waals surface area contributed by atoms with Crippen LogP contribution in [0.3, 0.4) is 0 Å². The van der Waals surface area contributed by atoms with Crippen LogP contribution in [0.2, 0.25) is 0 Å². The first-order valence-corrected chi connectivity index (χ1v) is 11.3. The van der Waals surface area contributed by atoms with Crippen LogP contribution in [0, 0.1) is 0 Å². The number of carbonyl (C=O) groups excluding carboxylic acids is 1. The summed E-state index contributed by atoms with van der Waals surface area (Å²) in [5.74, 6) is -0.826. The third-order valence-electron chi connectivity index (χ3n) is 5.08. The quantitative estimate of drug-likeness (QED) is 0.308. The average molecular weight is 405 g/mol. The summed E-state index contributed by atoms with van der Waals surface area (Å²) in [6.45, 7) is 6.06. The van der Waals surface area contributed by atoms with Gasteiger partial charge < -0.3 is 14.2 Å². The molecule has 4 atom stereocenters. The topological polar surface area (TPSA) is 44.8 Å². The predicted octanol–water partition coefficient (Wildman–Crippen LogP) is 5.51. The summed E-state index contributed by atoms with van der Waals surface area (Å²) >= 11 is 1.56. The van der Waals surface area contributed by atoms with E-state index in [0.29, 0.717) is 6.42 Å². The lowest BCUT2D eigenvalue weighted by Gasteiger charge is -2.20. The molecule has 0 radical (unpaired) electrons. The van der Waals surface area contributed by atoms with E-state index in [2.05, 4.69) is 19.1 Å². The van der Waals surface area contributed by atoms with Crippen LogP contribution < -0.4 is 0 Å². The molecule has 0 amide bonds. The number of hydrogen-bond acceptors (Lipinski definition) is 5. The molecule has 2 saturated heterocycles. The normalized spacial score (nSPS) is 29.5. The zero-order valence-corrected chi connectivity index (χ0v) is 18.0. The van der Waals surface area contributed by atoms with E-state index in [1.165, 1.54) is 25.7 Å². The zero-order chi connectivity index (χ0) is 20.0. The van der Waals surface area contributed by atoms with Gasteiger partial charge in [-0.15, -0.1) is 11.8 Å². The number of benzene rings is 1. The fraction of sp³-hybridized carbons (Fsp3) is 0.609. The number of unbranched alkanes of at least 4 members (excludes halogenated alkanes) is 4. The molecule has 3 rings (SSSR count). The molecule has 1 aromatic rings. The van der Waals surface area contributed by atoms with Crippen LogP contribution in [0.15, 0.2) is 47.4 Å². The van der Waals surface area contributed by atoms with Gasteiger partial charge in [0.1, 0.15) is 23.6 Å². The molecule has 0 saturated carbocycles. The Balaban J connectivity index is 1.58. The van der Waals surface area contributed by atoms with Crippen molar-refractivity contribution >= 4 is 17.7 Å². The van der Waals surface area contributed by atoms with Crippen molar-refractivity contribution in [2.45, 2.75) is 93.5 Å². The Labute approximate surface area is 173 Å².